The van der Waals surface area contributed by atoms with Gasteiger partial charge in [-0.2, -0.15) is 5.10 Å². The fourth-order valence-electron chi connectivity index (χ4n) is 2.62. The van der Waals surface area contributed by atoms with E-state index < -0.39 is 0 Å². The molecule has 4 heteroatoms. The van der Waals surface area contributed by atoms with Crippen LogP contribution in [0.4, 0.5) is 0 Å². The van der Waals surface area contributed by atoms with E-state index >= 15 is 0 Å². The fourth-order valence-corrected chi connectivity index (χ4v) is 2.62. The molecule has 0 amide bonds. The summed E-state index contributed by atoms with van der Waals surface area (Å²) in [6.07, 6.45) is 2.64. The van der Waals surface area contributed by atoms with Crippen LogP contribution in [0.15, 0.2) is 36.4 Å². The van der Waals surface area contributed by atoms with Gasteiger partial charge in [-0.3, -0.25) is 4.90 Å². The number of hydrogen-bond donors (Lipinski definition) is 0. The second-order valence-corrected chi connectivity index (χ2v) is 5.27. The Morgan fingerprint density at radius 3 is 2.65 bits per heavy atom. The Kier molecular flexibility index (Phi) is 4.02. The van der Waals surface area contributed by atoms with E-state index in [1.807, 2.05) is 48.0 Å². The topological polar surface area (TPSA) is 30.3 Å². The predicted molar refractivity (Wildman–Crippen MR) is 79.5 cm³/mol. The van der Waals surface area contributed by atoms with E-state index in [1.165, 1.54) is 25.9 Å². The van der Waals surface area contributed by atoms with E-state index in [0.29, 0.717) is 0 Å². The lowest BCUT2D eigenvalue weighted by atomic mass is 10.3. The molecule has 1 saturated heterocycles. The lowest BCUT2D eigenvalue weighted by molar-refractivity contribution is 0.228. The van der Waals surface area contributed by atoms with Crippen LogP contribution in [-0.4, -0.2) is 40.9 Å². The molecule has 4 nitrogen and oxygen atoms in total. The summed E-state index contributed by atoms with van der Waals surface area (Å²) in [5.41, 5.74) is 2.02. The molecule has 0 radical (unpaired) electrons. The van der Waals surface area contributed by atoms with Gasteiger partial charge in [0.2, 0.25) is 5.88 Å². The highest BCUT2D eigenvalue weighted by Gasteiger charge is 2.12. The third kappa shape index (κ3) is 3.02. The summed E-state index contributed by atoms with van der Waals surface area (Å²) < 4.78 is 7.81. The van der Waals surface area contributed by atoms with E-state index in [4.69, 9.17) is 4.74 Å². The molecule has 0 atom stereocenters. The lowest BCUT2D eigenvalue weighted by Gasteiger charge is -2.15. The van der Waals surface area contributed by atoms with Gasteiger partial charge in [0.05, 0.1) is 11.4 Å². The SMILES string of the molecule is Cc1cc(OCCN2CCCC2)n(-c2ccccc2)n1. The highest BCUT2D eigenvalue weighted by atomic mass is 16.5. The molecular weight excluding hydrogens is 250 g/mol. The van der Waals surface area contributed by atoms with Crippen LogP contribution in [0.25, 0.3) is 5.69 Å². The Morgan fingerprint density at radius 1 is 1.15 bits per heavy atom. The van der Waals surface area contributed by atoms with E-state index in [1.54, 1.807) is 0 Å². The van der Waals surface area contributed by atoms with Gasteiger partial charge in [-0.25, -0.2) is 4.68 Å². The van der Waals surface area contributed by atoms with Gasteiger partial charge in [-0.15, -0.1) is 0 Å². The van der Waals surface area contributed by atoms with Gasteiger partial charge in [0, 0.05) is 12.6 Å². The molecule has 1 aromatic heterocycles. The molecule has 2 heterocycles. The van der Waals surface area contributed by atoms with Crippen molar-refractivity contribution < 1.29 is 4.74 Å². The summed E-state index contributed by atoms with van der Waals surface area (Å²) in [6, 6.07) is 12.1. The summed E-state index contributed by atoms with van der Waals surface area (Å²) in [4.78, 5) is 2.45. The first-order valence-electron chi connectivity index (χ1n) is 7.30. The van der Waals surface area contributed by atoms with Gasteiger partial charge in [0.15, 0.2) is 0 Å². The Hall–Kier alpha value is -1.81. The normalized spacial score (nSPS) is 15.7. The smallest absolute Gasteiger partial charge is 0.216 e. The van der Waals surface area contributed by atoms with Crippen LogP contribution in [0.1, 0.15) is 18.5 Å². The van der Waals surface area contributed by atoms with Crippen molar-refractivity contribution in [1.82, 2.24) is 14.7 Å². The predicted octanol–water partition coefficient (Wildman–Crippen LogP) is 2.66. The average molecular weight is 271 g/mol. The van der Waals surface area contributed by atoms with Crippen molar-refractivity contribution >= 4 is 0 Å². The number of aromatic nitrogens is 2. The first-order chi connectivity index (χ1) is 9.83. The number of para-hydroxylation sites is 1. The lowest BCUT2D eigenvalue weighted by Crippen LogP contribution is -2.25. The number of ether oxygens (including phenoxy) is 1. The first-order valence-corrected chi connectivity index (χ1v) is 7.30. The number of benzene rings is 1. The van der Waals surface area contributed by atoms with Crippen molar-refractivity contribution in [1.29, 1.82) is 0 Å². The molecule has 0 saturated carbocycles. The standard InChI is InChI=1S/C16H21N3O/c1-14-13-16(20-12-11-18-9-5-6-10-18)19(17-14)15-7-3-2-4-8-15/h2-4,7-8,13H,5-6,9-12H2,1H3. The molecule has 1 aliphatic rings. The Balaban J connectivity index is 1.66. The monoisotopic (exact) mass is 271 g/mol. The summed E-state index contributed by atoms with van der Waals surface area (Å²) >= 11 is 0. The summed E-state index contributed by atoms with van der Waals surface area (Å²) in [6.45, 7) is 6.13. The van der Waals surface area contributed by atoms with Gasteiger partial charge >= 0.3 is 0 Å². The van der Waals surface area contributed by atoms with Crippen molar-refractivity contribution in [2.45, 2.75) is 19.8 Å². The van der Waals surface area contributed by atoms with E-state index in [2.05, 4.69) is 10.00 Å². The molecule has 1 fully saturated rings. The van der Waals surface area contributed by atoms with Crippen LogP contribution in [0.5, 0.6) is 5.88 Å². The van der Waals surface area contributed by atoms with E-state index in [9.17, 15) is 0 Å². The minimum Gasteiger partial charge on any atom is -0.476 e. The maximum atomic E-state index is 5.93. The van der Waals surface area contributed by atoms with Gasteiger partial charge in [-0.05, 0) is 45.0 Å². The molecule has 1 aliphatic heterocycles. The van der Waals surface area contributed by atoms with E-state index in [0.717, 1.165) is 30.4 Å². The average Bonchev–Trinajstić information content (AvgIpc) is 3.10. The molecule has 0 spiro atoms. The zero-order valence-electron chi connectivity index (χ0n) is 12.0. The van der Waals surface area contributed by atoms with Gasteiger partial charge in [0.1, 0.15) is 6.61 Å². The zero-order chi connectivity index (χ0) is 13.8. The first kappa shape index (κ1) is 13.2. The quantitative estimate of drug-likeness (QED) is 0.837. The summed E-state index contributed by atoms with van der Waals surface area (Å²) in [5, 5.41) is 4.51. The molecule has 20 heavy (non-hydrogen) atoms. The van der Waals surface area contributed by atoms with Crippen LogP contribution in [0.3, 0.4) is 0 Å². The second kappa shape index (κ2) is 6.09. The van der Waals surface area contributed by atoms with Gasteiger partial charge in [-0.1, -0.05) is 18.2 Å². The van der Waals surface area contributed by atoms with Crippen molar-refractivity contribution in [2.24, 2.45) is 0 Å². The zero-order valence-corrected chi connectivity index (χ0v) is 12.0. The second-order valence-electron chi connectivity index (χ2n) is 5.27. The molecule has 0 unspecified atom stereocenters. The Morgan fingerprint density at radius 2 is 1.90 bits per heavy atom. The van der Waals surface area contributed by atoms with Gasteiger partial charge < -0.3 is 4.74 Å². The van der Waals surface area contributed by atoms with E-state index in [-0.39, 0.29) is 0 Å². The number of nitrogens with zero attached hydrogens (tertiary/aromatic N) is 3. The molecule has 106 valence electrons. The maximum absolute atomic E-state index is 5.93. The van der Waals surface area contributed by atoms with Crippen molar-refractivity contribution in [3.05, 3.63) is 42.1 Å². The Bertz CT molecular complexity index is 544. The number of rotatable bonds is 5. The van der Waals surface area contributed by atoms with Crippen LogP contribution in [-0.2, 0) is 0 Å². The highest BCUT2D eigenvalue weighted by Crippen LogP contribution is 2.19. The van der Waals surface area contributed by atoms with Crippen molar-refractivity contribution in [3.63, 3.8) is 0 Å². The van der Waals surface area contributed by atoms with Crippen molar-refractivity contribution in [2.75, 3.05) is 26.2 Å². The Labute approximate surface area is 120 Å². The molecule has 3 rings (SSSR count). The maximum Gasteiger partial charge on any atom is 0.216 e. The van der Waals surface area contributed by atoms with Gasteiger partial charge in [0.25, 0.3) is 0 Å². The number of aryl methyl sites for hydroxylation is 1. The molecular formula is C16H21N3O. The van der Waals surface area contributed by atoms with Crippen molar-refractivity contribution in [3.8, 4) is 11.6 Å². The minimum absolute atomic E-state index is 0.720. The number of likely N-dealkylation sites (tertiary alicyclic amines) is 1. The summed E-state index contributed by atoms with van der Waals surface area (Å²) in [5.74, 6) is 0.827. The fraction of sp³-hybridized carbons (Fsp3) is 0.438. The van der Waals surface area contributed by atoms with Crippen LogP contribution < -0.4 is 4.74 Å². The molecule has 0 N–H and O–H groups in total. The number of hydrogen-bond acceptors (Lipinski definition) is 3. The molecule has 2 aromatic rings. The molecule has 1 aromatic carbocycles. The third-order valence-electron chi connectivity index (χ3n) is 3.66. The third-order valence-corrected chi connectivity index (χ3v) is 3.66. The molecule has 0 aliphatic carbocycles. The highest BCUT2D eigenvalue weighted by molar-refractivity contribution is 5.35. The largest absolute Gasteiger partial charge is 0.476 e. The van der Waals surface area contributed by atoms with Crippen LogP contribution >= 0.6 is 0 Å². The summed E-state index contributed by atoms with van der Waals surface area (Å²) in [7, 11) is 0. The minimum atomic E-state index is 0.720. The van der Waals surface area contributed by atoms with Crippen LogP contribution in [0.2, 0.25) is 0 Å². The molecule has 0 bridgehead atoms. The van der Waals surface area contributed by atoms with Crippen LogP contribution in [0, 0.1) is 6.92 Å².